The van der Waals surface area contributed by atoms with Gasteiger partial charge in [-0.15, -0.1) is 0 Å². The van der Waals surface area contributed by atoms with Crippen molar-refractivity contribution in [3.8, 4) is 11.5 Å². The van der Waals surface area contributed by atoms with Gasteiger partial charge in [0.15, 0.2) is 18.1 Å². The summed E-state index contributed by atoms with van der Waals surface area (Å²) >= 11 is 0. The third-order valence-electron chi connectivity index (χ3n) is 2.12. The topological polar surface area (TPSA) is 47.6 Å². The Morgan fingerprint density at radius 1 is 1.22 bits per heavy atom. The first-order chi connectivity index (χ1) is 8.63. The Hall–Kier alpha value is -1.71. The third-order valence-corrected chi connectivity index (χ3v) is 2.12. The van der Waals surface area contributed by atoms with Crippen molar-refractivity contribution in [2.75, 3.05) is 13.2 Å². The monoisotopic (exact) mass is 251 g/mol. The van der Waals surface area contributed by atoms with Crippen molar-refractivity contribution in [3.05, 3.63) is 24.3 Å². The van der Waals surface area contributed by atoms with Crippen molar-refractivity contribution in [3.63, 3.8) is 0 Å². The Labute approximate surface area is 108 Å². The van der Waals surface area contributed by atoms with E-state index in [0.717, 1.165) is 6.42 Å². The van der Waals surface area contributed by atoms with Gasteiger partial charge in [0.25, 0.3) is 5.91 Å². The maximum Gasteiger partial charge on any atom is 0.258 e. The fourth-order valence-corrected chi connectivity index (χ4v) is 1.41. The predicted octanol–water partition coefficient (Wildman–Crippen LogP) is 2.38. The Kier molecular flexibility index (Phi) is 6.05. The van der Waals surface area contributed by atoms with E-state index in [-0.39, 0.29) is 18.6 Å². The first-order valence-electron chi connectivity index (χ1n) is 6.27. The number of rotatable bonds is 7. The largest absolute Gasteiger partial charge is 0.490 e. The molecule has 0 aliphatic rings. The molecule has 0 atom stereocenters. The molecule has 0 aromatic heterocycles. The van der Waals surface area contributed by atoms with Crippen LogP contribution >= 0.6 is 0 Å². The molecule has 0 saturated heterocycles. The summed E-state index contributed by atoms with van der Waals surface area (Å²) in [6, 6.07) is 7.49. The number of nitrogens with one attached hydrogen (secondary N) is 1. The van der Waals surface area contributed by atoms with E-state index < -0.39 is 0 Å². The summed E-state index contributed by atoms with van der Waals surface area (Å²) in [6.07, 6.45) is 0.933. The van der Waals surface area contributed by atoms with Crippen molar-refractivity contribution in [1.82, 2.24) is 5.32 Å². The minimum Gasteiger partial charge on any atom is -0.490 e. The highest BCUT2D eigenvalue weighted by Gasteiger charge is 2.07. The molecule has 18 heavy (non-hydrogen) atoms. The second kappa shape index (κ2) is 7.58. The van der Waals surface area contributed by atoms with Crippen molar-refractivity contribution in [2.45, 2.75) is 33.2 Å². The molecule has 0 aliphatic carbocycles. The van der Waals surface area contributed by atoms with Crippen LogP contribution in [0.4, 0.5) is 0 Å². The molecule has 1 amide bonds. The van der Waals surface area contributed by atoms with E-state index in [0.29, 0.717) is 18.1 Å². The Morgan fingerprint density at radius 2 is 1.83 bits per heavy atom. The van der Waals surface area contributed by atoms with E-state index in [9.17, 15) is 4.79 Å². The number of hydrogen-bond acceptors (Lipinski definition) is 3. The summed E-state index contributed by atoms with van der Waals surface area (Å²) in [6.45, 7) is 6.51. The Bertz CT molecular complexity index is 377. The van der Waals surface area contributed by atoms with Gasteiger partial charge in [0, 0.05) is 6.04 Å². The van der Waals surface area contributed by atoms with Gasteiger partial charge in [-0.3, -0.25) is 4.79 Å². The zero-order valence-electron chi connectivity index (χ0n) is 11.2. The first kappa shape index (κ1) is 14.4. The predicted molar refractivity (Wildman–Crippen MR) is 71.0 cm³/mol. The van der Waals surface area contributed by atoms with Crippen LogP contribution in [0.15, 0.2) is 24.3 Å². The second-order valence-corrected chi connectivity index (χ2v) is 4.31. The number of carbonyl (C=O) groups excluding carboxylic acids is 1. The third kappa shape index (κ3) is 5.08. The molecule has 0 radical (unpaired) electrons. The van der Waals surface area contributed by atoms with Gasteiger partial charge in [-0.2, -0.15) is 0 Å². The molecule has 1 aromatic rings. The van der Waals surface area contributed by atoms with E-state index in [1.165, 1.54) is 0 Å². The average molecular weight is 251 g/mol. The molecule has 0 heterocycles. The van der Waals surface area contributed by atoms with Crippen molar-refractivity contribution in [2.24, 2.45) is 0 Å². The lowest BCUT2D eigenvalue weighted by molar-refractivity contribution is -0.123. The maximum atomic E-state index is 11.5. The summed E-state index contributed by atoms with van der Waals surface area (Å²) in [5.74, 6) is 1.15. The van der Waals surface area contributed by atoms with Gasteiger partial charge in [0.1, 0.15) is 0 Å². The lowest BCUT2D eigenvalue weighted by Gasteiger charge is -2.13. The van der Waals surface area contributed by atoms with E-state index in [1.54, 1.807) is 6.07 Å². The Morgan fingerprint density at radius 3 is 2.39 bits per heavy atom. The fraction of sp³-hybridized carbons (Fsp3) is 0.500. The minimum absolute atomic E-state index is 0.00464. The normalized spacial score (nSPS) is 10.2. The van der Waals surface area contributed by atoms with Gasteiger partial charge in [0.2, 0.25) is 0 Å². The lowest BCUT2D eigenvalue weighted by Crippen LogP contribution is -2.34. The molecule has 0 spiro atoms. The van der Waals surface area contributed by atoms with Crippen LogP contribution < -0.4 is 14.8 Å². The summed E-state index contributed by atoms with van der Waals surface area (Å²) in [7, 11) is 0. The molecule has 0 fully saturated rings. The zero-order chi connectivity index (χ0) is 13.4. The van der Waals surface area contributed by atoms with Crippen LogP contribution in [-0.2, 0) is 4.79 Å². The van der Waals surface area contributed by atoms with Crippen LogP contribution in [0.3, 0.4) is 0 Å². The first-order valence-corrected chi connectivity index (χ1v) is 6.27. The van der Waals surface area contributed by atoms with E-state index in [4.69, 9.17) is 9.47 Å². The van der Waals surface area contributed by atoms with Gasteiger partial charge in [-0.05, 0) is 32.4 Å². The molecule has 0 unspecified atom stereocenters. The average Bonchev–Trinajstić information content (AvgIpc) is 2.34. The minimum atomic E-state index is -0.129. The molecule has 1 N–H and O–H groups in total. The van der Waals surface area contributed by atoms with Crippen LogP contribution in [0.1, 0.15) is 27.2 Å². The Balaban J connectivity index is 2.53. The number of carbonyl (C=O) groups is 1. The summed E-state index contributed by atoms with van der Waals surface area (Å²) in [5, 5.41) is 2.77. The number of para-hydroxylation sites is 2. The molecule has 4 heteroatoms. The molecule has 1 aromatic carbocycles. The molecule has 1 rings (SSSR count). The molecule has 100 valence electrons. The standard InChI is InChI=1S/C14H21NO3/c1-4-9-17-12-7-5-6-8-13(12)18-10-14(16)15-11(2)3/h5-8,11H,4,9-10H2,1-3H3,(H,15,16). The van der Waals surface area contributed by atoms with Gasteiger partial charge in [-0.1, -0.05) is 19.1 Å². The number of amides is 1. The van der Waals surface area contributed by atoms with Crippen LogP contribution in [0.2, 0.25) is 0 Å². The van der Waals surface area contributed by atoms with Crippen molar-refractivity contribution in [1.29, 1.82) is 0 Å². The smallest absolute Gasteiger partial charge is 0.258 e. The van der Waals surface area contributed by atoms with Crippen LogP contribution in [-0.4, -0.2) is 25.2 Å². The summed E-state index contributed by atoms with van der Waals surface area (Å²) in [4.78, 5) is 11.5. The SMILES string of the molecule is CCCOc1ccccc1OCC(=O)NC(C)C. The number of hydrogen-bond donors (Lipinski definition) is 1. The number of benzene rings is 1. The highest BCUT2D eigenvalue weighted by atomic mass is 16.5. The van der Waals surface area contributed by atoms with Gasteiger partial charge >= 0.3 is 0 Å². The second-order valence-electron chi connectivity index (χ2n) is 4.31. The van der Waals surface area contributed by atoms with Crippen LogP contribution in [0.25, 0.3) is 0 Å². The summed E-state index contributed by atoms with van der Waals surface area (Å²) < 4.78 is 11.0. The van der Waals surface area contributed by atoms with Gasteiger partial charge < -0.3 is 14.8 Å². The highest BCUT2D eigenvalue weighted by molar-refractivity contribution is 5.77. The van der Waals surface area contributed by atoms with E-state index in [2.05, 4.69) is 5.32 Å². The molecule has 0 bridgehead atoms. The maximum absolute atomic E-state index is 11.5. The molecule has 0 aliphatic heterocycles. The number of ether oxygens (including phenoxy) is 2. The molecule has 0 saturated carbocycles. The highest BCUT2D eigenvalue weighted by Crippen LogP contribution is 2.26. The zero-order valence-corrected chi connectivity index (χ0v) is 11.2. The molecule has 4 nitrogen and oxygen atoms in total. The van der Waals surface area contributed by atoms with Gasteiger partial charge in [0.05, 0.1) is 6.61 Å². The van der Waals surface area contributed by atoms with Crippen LogP contribution in [0, 0.1) is 0 Å². The van der Waals surface area contributed by atoms with Crippen molar-refractivity contribution >= 4 is 5.91 Å². The molecular formula is C14H21NO3. The fourth-order valence-electron chi connectivity index (χ4n) is 1.41. The van der Waals surface area contributed by atoms with Crippen LogP contribution in [0.5, 0.6) is 11.5 Å². The van der Waals surface area contributed by atoms with Crippen molar-refractivity contribution < 1.29 is 14.3 Å². The van der Waals surface area contributed by atoms with Gasteiger partial charge in [-0.25, -0.2) is 0 Å². The van der Waals surface area contributed by atoms with E-state index >= 15 is 0 Å². The molecular weight excluding hydrogens is 230 g/mol. The quantitative estimate of drug-likeness (QED) is 0.809. The summed E-state index contributed by atoms with van der Waals surface area (Å²) in [5.41, 5.74) is 0. The lowest BCUT2D eigenvalue weighted by atomic mass is 10.3. The van der Waals surface area contributed by atoms with E-state index in [1.807, 2.05) is 39.0 Å².